The maximum atomic E-state index is 13.5. The van der Waals surface area contributed by atoms with Gasteiger partial charge in [0.05, 0.1) is 18.2 Å². The third-order valence-corrected chi connectivity index (χ3v) is 5.00. The van der Waals surface area contributed by atoms with Crippen LogP contribution in [0.1, 0.15) is 28.4 Å². The highest BCUT2D eigenvalue weighted by molar-refractivity contribution is 7.07. The average Bonchev–Trinajstić information content (AvgIpc) is 3.28. The van der Waals surface area contributed by atoms with Gasteiger partial charge in [-0.15, -0.1) is 0 Å². The number of rotatable bonds is 7. The van der Waals surface area contributed by atoms with E-state index in [9.17, 15) is 23.2 Å². The molecule has 0 bridgehead atoms. The van der Waals surface area contributed by atoms with E-state index in [4.69, 9.17) is 9.47 Å². The molecule has 1 unspecified atom stereocenters. The third-order valence-electron chi connectivity index (χ3n) is 4.27. The Labute approximate surface area is 180 Å². The van der Waals surface area contributed by atoms with E-state index in [2.05, 4.69) is 4.74 Å². The molecular formula is C22H16F3NO4S. The molecule has 9 heteroatoms. The van der Waals surface area contributed by atoms with E-state index in [0.29, 0.717) is 5.75 Å². The first-order valence-corrected chi connectivity index (χ1v) is 9.86. The molecule has 0 N–H and O–H groups in total. The van der Waals surface area contributed by atoms with Gasteiger partial charge in [-0.1, -0.05) is 18.2 Å². The van der Waals surface area contributed by atoms with Gasteiger partial charge in [0.25, 0.3) is 0 Å². The molecule has 1 atom stereocenters. The van der Waals surface area contributed by atoms with Crippen molar-refractivity contribution in [2.45, 2.75) is 18.9 Å². The number of hydrogen-bond acceptors (Lipinski definition) is 6. The van der Waals surface area contributed by atoms with Gasteiger partial charge in [-0.2, -0.15) is 29.8 Å². The number of hydrogen-bond donors (Lipinski definition) is 0. The van der Waals surface area contributed by atoms with Gasteiger partial charge < -0.3 is 14.2 Å². The molecule has 160 valence electrons. The van der Waals surface area contributed by atoms with Gasteiger partial charge in [-0.25, -0.2) is 4.79 Å². The van der Waals surface area contributed by atoms with Crippen molar-refractivity contribution in [2.75, 3.05) is 7.11 Å². The molecule has 0 spiro atoms. The number of carbonyl (C=O) groups excluding carboxylic acids is 1. The predicted octanol–water partition coefficient (Wildman–Crippen LogP) is 5.51. The van der Waals surface area contributed by atoms with Crippen LogP contribution in [0.4, 0.5) is 13.2 Å². The molecule has 0 saturated heterocycles. The van der Waals surface area contributed by atoms with E-state index in [-0.39, 0.29) is 17.9 Å². The quantitative estimate of drug-likeness (QED) is 0.447. The van der Waals surface area contributed by atoms with Gasteiger partial charge in [0.1, 0.15) is 24.2 Å². The monoisotopic (exact) mass is 447 g/mol. The molecule has 0 fully saturated rings. The standard InChI is InChI=1S/C22H16F3NO4S/c1-28-21(27)20(17-4-2-3-5-18(17)22(23,24)25)30-19-10-16(7-6-15(19)11-26)29-12-14-8-9-31-13-14/h2-10,13,20H,12H2,1H3. The fourth-order valence-electron chi connectivity index (χ4n) is 2.78. The molecule has 2 aromatic carbocycles. The zero-order valence-electron chi connectivity index (χ0n) is 16.2. The first-order valence-electron chi connectivity index (χ1n) is 8.92. The molecule has 0 amide bonds. The SMILES string of the molecule is COC(=O)C(Oc1cc(OCc2ccsc2)ccc1C#N)c1ccccc1C(F)(F)F. The third kappa shape index (κ3) is 5.35. The topological polar surface area (TPSA) is 68.6 Å². The van der Waals surface area contributed by atoms with Crippen LogP contribution in [0.3, 0.4) is 0 Å². The lowest BCUT2D eigenvalue weighted by atomic mass is 10.0. The van der Waals surface area contributed by atoms with Crippen molar-refractivity contribution in [3.63, 3.8) is 0 Å². The second kappa shape index (κ2) is 9.53. The van der Waals surface area contributed by atoms with Gasteiger partial charge in [-0.3, -0.25) is 0 Å². The van der Waals surface area contributed by atoms with Crippen molar-refractivity contribution < 1.29 is 32.2 Å². The fraction of sp³-hybridized carbons (Fsp3) is 0.182. The Kier molecular flexibility index (Phi) is 6.82. The second-order valence-corrected chi connectivity index (χ2v) is 7.08. The number of nitriles is 1. The average molecular weight is 447 g/mol. The number of ether oxygens (including phenoxy) is 3. The summed E-state index contributed by atoms with van der Waals surface area (Å²) in [4.78, 5) is 12.3. The summed E-state index contributed by atoms with van der Waals surface area (Å²) in [6.07, 6.45) is -6.45. The van der Waals surface area contributed by atoms with E-state index in [1.165, 1.54) is 41.7 Å². The molecule has 3 aromatic rings. The zero-order valence-corrected chi connectivity index (χ0v) is 17.0. The lowest BCUT2D eigenvalue weighted by Gasteiger charge is -2.22. The van der Waals surface area contributed by atoms with Crippen LogP contribution >= 0.6 is 11.3 Å². The van der Waals surface area contributed by atoms with Crippen LogP contribution in [0.5, 0.6) is 11.5 Å². The van der Waals surface area contributed by atoms with Crippen molar-refractivity contribution in [3.8, 4) is 17.6 Å². The number of nitrogens with zero attached hydrogens (tertiary/aromatic N) is 1. The Morgan fingerprint density at radius 2 is 1.97 bits per heavy atom. The van der Waals surface area contributed by atoms with Crippen LogP contribution in [0, 0.1) is 11.3 Å². The molecule has 0 radical (unpaired) electrons. The minimum Gasteiger partial charge on any atom is -0.489 e. The van der Waals surface area contributed by atoms with E-state index >= 15 is 0 Å². The van der Waals surface area contributed by atoms with Crippen molar-refractivity contribution in [2.24, 2.45) is 0 Å². The van der Waals surface area contributed by atoms with Gasteiger partial charge in [0, 0.05) is 11.6 Å². The molecular weight excluding hydrogens is 431 g/mol. The number of thiophene rings is 1. The largest absolute Gasteiger partial charge is 0.489 e. The minimum atomic E-state index is -4.71. The van der Waals surface area contributed by atoms with E-state index in [1.807, 2.05) is 22.9 Å². The number of methoxy groups -OCH3 is 1. The molecule has 5 nitrogen and oxygen atoms in total. The van der Waals surface area contributed by atoms with Crippen molar-refractivity contribution in [3.05, 3.63) is 81.5 Å². The van der Waals surface area contributed by atoms with Gasteiger partial charge in [0.2, 0.25) is 6.10 Å². The summed E-state index contributed by atoms with van der Waals surface area (Å²) in [6, 6.07) is 12.6. The van der Waals surface area contributed by atoms with Crippen LogP contribution in [0.15, 0.2) is 59.3 Å². The van der Waals surface area contributed by atoms with E-state index in [0.717, 1.165) is 24.8 Å². The van der Waals surface area contributed by atoms with Crippen molar-refractivity contribution in [1.82, 2.24) is 0 Å². The van der Waals surface area contributed by atoms with E-state index in [1.54, 1.807) is 0 Å². The Morgan fingerprint density at radius 3 is 2.61 bits per heavy atom. The Hall–Kier alpha value is -3.51. The Bertz CT molecular complexity index is 1090. The zero-order chi connectivity index (χ0) is 22.4. The number of benzene rings is 2. The highest BCUT2D eigenvalue weighted by Crippen LogP contribution is 2.37. The van der Waals surface area contributed by atoms with Crippen LogP contribution in [-0.2, 0) is 22.3 Å². The summed E-state index contributed by atoms with van der Waals surface area (Å²) < 4.78 is 56.4. The summed E-state index contributed by atoms with van der Waals surface area (Å²) in [6.45, 7) is 0.256. The summed E-state index contributed by atoms with van der Waals surface area (Å²) in [5, 5.41) is 13.2. The van der Waals surface area contributed by atoms with Crippen molar-refractivity contribution >= 4 is 17.3 Å². The number of esters is 1. The summed E-state index contributed by atoms with van der Waals surface area (Å²) >= 11 is 1.51. The molecule has 0 aliphatic rings. The maximum absolute atomic E-state index is 13.5. The summed E-state index contributed by atoms with van der Waals surface area (Å²) in [5.74, 6) is -0.809. The molecule has 0 aliphatic heterocycles. The molecule has 0 aliphatic carbocycles. The lowest BCUT2D eigenvalue weighted by molar-refractivity contribution is -0.151. The fourth-order valence-corrected chi connectivity index (χ4v) is 3.43. The van der Waals surface area contributed by atoms with Gasteiger partial charge in [-0.05, 0) is 40.6 Å². The normalized spacial score (nSPS) is 12.0. The van der Waals surface area contributed by atoms with Crippen LogP contribution in [0.2, 0.25) is 0 Å². The summed E-state index contributed by atoms with van der Waals surface area (Å²) in [5.41, 5.74) is -0.492. The van der Waals surface area contributed by atoms with Gasteiger partial charge in [0.15, 0.2) is 0 Å². The molecule has 1 heterocycles. The molecule has 0 saturated carbocycles. The van der Waals surface area contributed by atoms with E-state index < -0.39 is 29.4 Å². The second-order valence-electron chi connectivity index (χ2n) is 6.30. The number of halogens is 3. The van der Waals surface area contributed by atoms with Gasteiger partial charge >= 0.3 is 12.1 Å². The van der Waals surface area contributed by atoms with Crippen LogP contribution < -0.4 is 9.47 Å². The molecule has 3 rings (SSSR count). The lowest BCUT2D eigenvalue weighted by Crippen LogP contribution is -2.24. The maximum Gasteiger partial charge on any atom is 0.416 e. The Morgan fingerprint density at radius 1 is 1.19 bits per heavy atom. The first kappa shape index (κ1) is 22.2. The number of alkyl halides is 3. The Balaban J connectivity index is 1.96. The molecule has 31 heavy (non-hydrogen) atoms. The predicted molar refractivity (Wildman–Crippen MR) is 107 cm³/mol. The van der Waals surface area contributed by atoms with Crippen LogP contribution in [0.25, 0.3) is 0 Å². The highest BCUT2D eigenvalue weighted by atomic mass is 32.1. The smallest absolute Gasteiger partial charge is 0.416 e. The molecule has 1 aromatic heterocycles. The highest BCUT2D eigenvalue weighted by Gasteiger charge is 2.38. The van der Waals surface area contributed by atoms with Crippen molar-refractivity contribution in [1.29, 1.82) is 5.26 Å². The summed E-state index contributed by atoms with van der Waals surface area (Å²) in [7, 11) is 1.04. The first-order chi connectivity index (χ1) is 14.8. The van der Waals surface area contributed by atoms with Crippen LogP contribution in [-0.4, -0.2) is 13.1 Å². The number of carbonyl (C=O) groups is 1. The minimum absolute atomic E-state index is 0.0290.